The largest absolute Gasteiger partial charge is 0.462 e. The van der Waals surface area contributed by atoms with Gasteiger partial charge >= 0.3 is 11.6 Å². The molecule has 1 N–H and O–H groups in total. The molecule has 2 aromatic rings. The number of carbonyl (C=O) groups excluding carboxylic acids is 2. The van der Waals surface area contributed by atoms with Crippen LogP contribution in [-0.4, -0.2) is 18.5 Å². The number of carbonyl (C=O) groups is 2. The molecule has 0 aliphatic rings. The van der Waals surface area contributed by atoms with Crippen LogP contribution in [0.25, 0.3) is 6.08 Å². The predicted molar refractivity (Wildman–Crippen MR) is 99.3 cm³/mol. The fourth-order valence-electron chi connectivity index (χ4n) is 2.20. The van der Waals surface area contributed by atoms with Crippen LogP contribution in [-0.2, 0) is 4.74 Å². The lowest BCUT2D eigenvalue weighted by atomic mass is 10.1. The van der Waals surface area contributed by atoms with Crippen LogP contribution in [0.2, 0.25) is 0 Å². The third-order valence-electron chi connectivity index (χ3n) is 3.48. The first-order valence-corrected chi connectivity index (χ1v) is 8.45. The highest BCUT2D eigenvalue weighted by molar-refractivity contribution is 6.04. The van der Waals surface area contributed by atoms with Crippen molar-refractivity contribution in [2.45, 2.75) is 26.7 Å². The first kappa shape index (κ1) is 19.2. The Hall–Kier alpha value is -3.15. The highest BCUT2D eigenvalue weighted by atomic mass is 16.5. The lowest BCUT2D eigenvalue weighted by Crippen LogP contribution is -2.20. The number of hydrogen-bond donors (Lipinski definition) is 1. The lowest BCUT2D eigenvalue weighted by Gasteiger charge is -2.08. The van der Waals surface area contributed by atoms with E-state index in [-0.39, 0.29) is 23.6 Å². The van der Waals surface area contributed by atoms with Crippen molar-refractivity contribution in [3.63, 3.8) is 0 Å². The molecule has 136 valence electrons. The maximum Gasteiger partial charge on any atom is 0.360 e. The zero-order chi connectivity index (χ0) is 18.9. The van der Waals surface area contributed by atoms with Crippen molar-refractivity contribution < 1.29 is 18.7 Å². The van der Waals surface area contributed by atoms with E-state index in [1.54, 1.807) is 43.3 Å². The van der Waals surface area contributed by atoms with Gasteiger partial charge in [-0.3, -0.25) is 4.79 Å². The maximum absolute atomic E-state index is 12.2. The number of benzene rings is 1. The summed E-state index contributed by atoms with van der Waals surface area (Å²) in [5.41, 5.74) is -0.383. The van der Waals surface area contributed by atoms with E-state index in [0.717, 1.165) is 12.8 Å². The van der Waals surface area contributed by atoms with Gasteiger partial charge in [0.2, 0.25) is 0 Å². The Morgan fingerprint density at radius 2 is 1.92 bits per heavy atom. The lowest BCUT2D eigenvalue weighted by molar-refractivity contribution is 0.0522. The number of esters is 1. The summed E-state index contributed by atoms with van der Waals surface area (Å²) >= 11 is 0. The molecule has 2 rings (SSSR count). The van der Waals surface area contributed by atoms with Gasteiger partial charge in [0, 0.05) is 5.56 Å². The van der Waals surface area contributed by atoms with Gasteiger partial charge in [0.05, 0.1) is 6.61 Å². The summed E-state index contributed by atoms with van der Waals surface area (Å²) in [5, 5.41) is 2.48. The molecule has 0 spiro atoms. The summed E-state index contributed by atoms with van der Waals surface area (Å²) in [6, 6.07) is 9.72. The molecule has 0 saturated carbocycles. The fraction of sp³-hybridized carbons (Fsp3) is 0.250. The molecule has 0 aliphatic heterocycles. The highest BCUT2D eigenvalue weighted by Crippen LogP contribution is 2.16. The summed E-state index contributed by atoms with van der Waals surface area (Å²) in [4.78, 5) is 36.6. The number of unbranched alkanes of at least 4 members (excludes halogenated alkanes) is 1. The zero-order valence-electron chi connectivity index (χ0n) is 14.8. The van der Waals surface area contributed by atoms with Crippen LogP contribution in [0.15, 0.2) is 51.7 Å². The van der Waals surface area contributed by atoms with Crippen molar-refractivity contribution >= 4 is 23.6 Å². The molecule has 0 saturated heterocycles. The Kier molecular flexibility index (Phi) is 6.91. The summed E-state index contributed by atoms with van der Waals surface area (Å²) < 4.78 is 10.2. The van der Waals surface area contributed by atoms with Gasteiger partial charge in [-0.1, -0.05) is 37.6 Å². The normalized spacial score (nSPS) is 10.7. The van der Waals surface area contributed by atoms with Crippen molar-refractivity contribution in [2.75, 3.05) is 11.9 Å². The van der Waals surface area contributed by atoms with E-state index in [0.29, 0.717) is 5.56 Å². The molecule has 0 aliphatic carbocycles. The van der Waals surface area contributed by atoms with Gasteiger partial charge in [-0.15, -0.1) is 0 Å². The minimum absolute atomic E-state index is 0.0853. The molecule has 6 nitrogen and oxygen atoms in total. The minimum atomic E-state index is -0.738. The average molecular weight is 355 g/mol. The van der Waals surface area contributed by atoms with Crippen molar-refractivity contribution in [1.82, 2.24) is 0 Å². The molecule has 1 aromatic carbocycles. The van der Waals surface area contributed by atoms with Gasteiger partial charge in [-0.05, 0) is 37.6 Å². The first-order chi connectivity index (χ1) is 12.6. The quantitative estimate of drug-likeness (QED) is 0.762. The zero-order valence-corrected chi connectivity index (χ0v) is 14.8. The van der Waals surface area contributed by atoms with E-state index in [2.05, 4.69) is 5.32 Å². The summed E-state index contributed by atoms with van der Waals surface area (Å²) in [6.07, 6.45) is 5.07. The Bertz CT molecular complexity index is 852. The standard InChI is InChI=1S/C20H21NO5/c1-3-5-7-12-17-15(19(23)25-4-2)13-16(20(24)26-17)21-18(22)14-10-8-6-9-11-14/h6-13H,3-5H2,1-2H3,(H,21,22)/b12-7+. The molecule has 6 heteroatoms. The molecular weight excluding hydrogens is 334 g/mol. The van der Waals surface area contributed by atoms with Gasteiger partial charge in [0.25, 0.3) is 5.91 Å². The van der Waals surface area contributed by atoms with Gasteiger partial charge in [0.15, 0.2) is 0 Å². The van der Waals surface area contributed by atoms with Crippen molar-refractivity contribution in [3.05, 3.63) is 69.8 Å². The molecule has 1 heterocycles. The number of rotatable bonds is 7. The van der Waals surface area contributed by atoms with Crippen LogP contribution in [0.3, 0.4) is 0 Å². The second-order valence-electron chi connectivity index (χ2n) is 5.46. The maximum atomic E-state index is 12.2. The molecular formula is C20H21NO5. The van der Waals surface area contributed by atoms with E-state index >= 15 is 0 Å². The number of amides is 1. The van der Waals surface area contributed by atoms with E-state index < -0.39 is 17.5 Å². The van der Waals surface area contributed by atoms with E-state index in [1.165, 1.54) is 6.07 Å². The average Bonchev–Trinajstić information content (AvgIpc) is 2.64. The van der Waals surface area contributed by atoms with Crippen LogP contribution in [0, 0.1) is 0 Å². The number of nitrogens with one attached hydrogen (secondary N) is 1. The SMILES string of the molecule is CCC/C=C/c1oc(=O)c(NC(=O)c2ccccc2)cc1C(=O)OCC. The summed E-state index contributed by atoms with van der Waals surface area (Å²) in [7, 11) is 0. The number of ether oxygens (including phenoxy) is 1. The molecule has 0 fully saturated rings. The van der Waals surface area contributed by atoms with E-state index in [9.17, 15) is 14.4 Å². The Labute approximate surface area is 151 Å². The Balaban J connectivity index is 2.38. The monoisotopic (exact) mass is 355 g/mol. The number of anilines is 1. The van der Waals surface area contributed by atoms with Crippen LogP contribution >= 0.6 is 0 Å². The van der Waals surface area contributed by atoms with Gasteiger partial charge < -0.3 is 14.5 Å². The van der Waals surface area contributed by atoms with Gasteiger partial charge in [-0.25, -0.2) is 9.59 Å². The second kappa shape index (κ2) is 9.36. The van der Waals surface area contributed by atoms with Gasteiger partial charge in [0.1, 0.15) is 17.0 Å². The molecule has 26 heavy (non-hydrogen) atoms. The molecule has 0 bridgehead atoms. The summed E-state index contributed by atoms with van der Waals surface area (Å²) in [5.74, 6) is -0.982. The Morgan fingerprint density at radius 3 is 2.58 bits per heavy atom. The Morgan fingerprint density at radius 1 is 1.19 bits per heavy atom. The van der Waals surface area contributed by atoms with Crippen molar-refractivity contribution in [3.8, 4) is 0 Å². The topological polar surface area (TPSA) is 85.6 Å². The predicted octanol–water partition coefficient (Wildman–Crippen LogP) is 3.88. The minimum Gasteiger partial charge on any atom is -0.462 e. The smallest absolute Gasteiger partial charge is 0.360 e. The molecule has 0 atom stereocenters. The molecule has 0 radical (unpaired) electrons. The van der Waals surface area contributed by atoms with Gasteiger partial charge in [-0.2, -0.15) is 0 Å². The van der Waals surface area contributed by atoms with Crippen LogP contribution in [0.1, 0.15) is 53.2 Å². The van der Waals surface area contributed by atoms with E-state index in [1.807, 2.05) is 13.0 Å². The molecule has 0 unspecified atom stereocenters. The number of allylic oxidation sites excluding steroid dienone is 1. The van der Waals surface area contributed by atoms with Crippen molar-refractivity contribution in [2.24, 2.45) is 0 Å². The van der Waals surface area contributed by atoms with Crippen LogP contribution < -0.4 is 10.9 Å². The number of hydrogen-bond acceptors (Lipinski definition) is 5. The van der Waals surface area contributed by atoms with Crippen LogP contribution in [0.4, 0.5) is 5.69 Å². The third-order valence-corrected chi connectivity index (χ3v) is 3.48. The van der Waals surface area contributed by atoms with Crippen molar-refractivity contribution in [1.29, 1.82) is 0 Å². The van der Waals surface area contributed by atoms with Crippen LogP contribution in [0.5, 0.6) is 0 Å². The molecule has 1 aromatic heterocycles. The summed E-state index contributed by atoms with van der Waals surface area (Å²) in [6.45, 7) is 3.87. The molecule has 1 amide bonds. The highest BCUT2D eigenvalue weighted by Gasteiger charge is 2.18. The third kappa shape index (κ3) is 4.92. The second-order valence-corrected chi connectivity index (χ2v) is 5.46. The fourth-order valence-corrected chi connectivity index (χ4v) is 2.20. The first-order valence-electron chi connectivity index (χ1n) is 8.45. The van der Waals surface area contributed by atoms with E-state index in [4.69, 9.17) is 9.15 Å².